The number of hydrogen-bond acceptors (Lipinski definition) is 4. The summed E-state index contributed by atoms with van der Waals surface area (Å²) >= 11 is 0. The van der Waals surface area contributed by atoms with E-state index in [9.17, 15) is 0 Å². The maximum atomic E-state index is 15.5. The molecule has 0 spiro atoms. The standard InChI is InChI=1S/C18H35FO4Si/c1-7-12-22-16(8-2)17(23-15-21-14-13-20-6)18(19)24(9-3,10-4)11-5/h7,16H,1,8-15H2,2-6H3/b18-17-. The fourth-order valence-electron chi connectivity index (χ4n) is 2.64. The molecule has 0 aliphatic rings. The van der Waals surface area contributed by atoms with Gasteiger partial charge in [0.1, 0.15) is 19.6 Å². The summed E-state index contributed by atoms with van der Waals surface area (Å²) < 4.78 is 37.2. The van der Waals surface area contributed by atoms with E-state index in [0.717, 1.165) is 18.1 Å². The van der Waals surface area contributed by atoms with E-state index in [1.807, 2.05) is 6.92 Å². The van der Waals surface area contributed by atoms with Crippen LogP contribution in [0.1, 0.15) is 34.1 Å². The van der Waals surface area contributed by atoms with Crippen molar-refractivity contribution >= 4 is 8.07 Å². The lowest BCUT2D eigenvalue weighted by molar-refractivity contribution is -0.0638. The maximum Gasteiger partial charge on any atom is 0.188 e. The van der Waals surface area contributed by atoms with E-state index in [-0.39, 0.29) is 12.2 Å². The summed E-state index contributed by atoms with van der Waals surface area (Å²) in [6, 6.07) is 2.54. The van der Waals surface area contributed by atoms with Gasteiger partial charge >= 0.3 is 0 Å². The van der Waals surface area contributed by atoms with Crippen LogP contribution < -0.4 is 0 Å². The molecule has 0 aromatic heterocycles. The predicted octanol–water partition coefficient (Wildman–Crippen LogP) is 4.83. The van der Waals surface area contributed by atoms with Gasteiger partial charge in [0, 0.05) is 7.11 Å². The van der Waals surface area contributed by atoms with E-state index < -0.39 is 14.2 Å². The van der Waals surface area contributed by atoms with Crippen molar-refractivity contribution in [2.45, 2.75) is 58.4 Å². The van der Waals surface area contributed by atoms with Crippen LogP contribution in [0.2, 0.25) is 18.1 Å². The molecule has 24 heavy (non-hydrogen) atoms. The van der Waals surface area contributed by atoms with Gasteiger partial charge in [-0.05, 0) is 6.42 Å². The normalized spacial score (nSPS) is 14.2. The van der Waals surface area contributed by atoms with Crippen molar-refractivity contribution in [3.63, 3.8) is 0 Å². The summed E-state index contributed by atoms with van der Waals surface area (Å²) in [4.78, 5) is 0. The highest BCUT2D eigenvalue weighted by Crippen LogP contribution is 2.34. The van der Waals surface area contributed by atoms with Gasteiger partial charge in [-0.1, -0.05) is 51.9 Å². The molecule has 0 amide bonds. The summed E-state index contributed by atoms with van der Waals surface area (Å²) in [7, 11) is -0.569. The second kappa shape index (κ2) is 13.6. The number of rotatable bonds is 15. The quantitative estimate of drug-likeness (QED) is 0.137. The molecule has 0 fully saturated rings. The van der Waals surface area contributed by atoms with E-state index >= 15 is 4.39 Å². The highest BCUT2D eigenvalue weighted by atomic mass is 28.3. The Labute approximate surface area is 148 Å². The van der Waals surface area contributed by atoms with Crippen LogP contribution in [0.3, 0.4) is 0 Å². The van der Waals surface area contributed by atoms with Gasteiger partial charge in [0.25, 0.3) is 0 Å². The van der Waals surface area contributed by atoms with Gasteiger partial charge in [-0.25, -0.2) is 4.39 Å². The molecule has 0 bridgehead atoms. The molecular weight excluding hydrogens is 327 g/mol. The van der Waals surface area contributed by atoms with Crippen molar-refractivity contribution in [3.8, 4) is 0 Å². The van der Waals surface area contributed by atoms with Crippen LogP contribution >= 0.6 is 0 Å². The van der Waals surface area contributed by atoms with Crippen LogP contribution in [0.15, 0.2) is 23.9 Å². The zero-order chi connectivity index (χ0) is 18.4. The largest absolute Gasteiger partial charge is 0.467 e. The lowest BCUT2D eigenvalue weighted by Crippen LogP contribution is -2.36. The van der Waals surface area contributed by atoms with Gasteiger partial charge in [0.05, 0.1) is 19.8 Å². The smallest absolute Gasteiger partial charge is 0.188 e. The molecule has 0 heterocycles. The number of ether oxygens (including phenoxy) is 4. The minimum atomic E-state index is -2.18. The van der Waals surface area contributed by atoms with Gasteiger partial charge in [0.15, 0.2) is 12.6 Å². The Morgan fingerprint density at radius 3 is 2.21 bits per heavy atom. The molecule has 1 unspecified atom stereocenters. The minimum absolute atomic E-state index is 0.00167. The Morgan fingerprint density at radius 1 is 1.12 bits per heavy atom. The van der Waals surface area contributed by atoms with Gasteiger partial charge in [-0.2, -0.15) is 0 Å². The number of halogens is 1. The summed E-state index contributed by atoms with van der Waals surface area (Å²) in [5.41, 5.74) is -0.0822. The van der Waals surface area contributed by atoms with E-state index in [2.05, 4.69) is 27.4 Å². The Hall–Kier alpha value is -0.693. The molecule has 4 nitrogen and oxygen atoms in total. The molecule has 0 aliphatic heterocycles. The fraction of sp³-hybridized carbons (Fsp3) is 0.778. The van der Waals surface area contributed by atoms with Gasteiger partial charge in [-0.15, -0.1) is 6.58 Å². The first-order valence-electron chi connectivity index (χ1n) is 8.88. The van der Waals surface area contributed by atoms with Crippen LogP contribution in [0, 0.1) is 0 Å². The molecule has 1 atom stereocenters. The molecule has 6 heteroatoms. The van der Waals surface area contributed by atoms with E-state index in [1.165, 1.54) is 0 Å². The van der Waals surface area contributed by atoms with Crippen molar-refractivity contribution in [1.82, 2.24) is 0 Å². The monoisotopic (exact) mass is 362 g/mol. The predicted molar refractivity (Wildman–Crippen MR) is 99.3 cm³/mol. The molecule has 142 valence electrons. The summed E-state index contributed by atoms with van der Waals surface area (Å²) in [5, 5.41) is 0. The average Bonchev–Trinajstić information content (AvgIpc) is 2.62. The van der Waals surface area contributed by atoms with Crippen LogP contribution in [0.5, 0.6) is 0 Å². The van der Waals surface area contributed by atoms with E-state index in [0.29, 0.717) is 32.0 Å². The lowest BCUT2D eigenvalue weighted by atomic mass is 10.2. The topological polar surface area (TPSA) is 36.9 Å². The Kier molecular flexibility index (Phi) is 13.2. The summed E-state index contributed by atoms with van der Waals surface area (Å²) in [5.74, 6) is 0.314. The van der Waals surface area contributed by atoms with E-state index in [1.54, 1.807) is 13.2 Å². The molecule has 0 saturated carbocycles. The Balaban J connectivity index is 5.39. The molecule has 0 aromatic rings. The molecule has 0 radical (unpaired) electrons. The lowest BCUT2D eigenvalue weighted by Gasteiger charge is -2.30. The first-order chi connectivity index (χ1) is 11.6. The zero-order valence-electron chi connectivity index (χ0n) is 16.0. The molecule has 0 rings (SSSR count). The van der Waals surface area contributed by atoms with Crippen molar-refractivity contribution in [2.24, 2.45) is 0 Å². The van der Waals surface area contributed by atoms with Crippen molar-refractivity contribution < 1.29 is 23.3 Å². The van der Waals surface area contributed by atoms with E-state index in [4.69, 9.17) is 18.9 Å². The maximum absolute atomic E-state index is 15.5. The Bertz CT molecular complexity index is 362. The SMILES string of the molecule is C=CCOC(CC)/C(OCOCCOC)=C(\F)[Si](CC)(CC)CC. The third-order valence-electron chi connectivity index (χ3n) is 4.52. The molecular formula is C18H35FO4Si. The average molecular weight is 363 g/mol. The van der Waals surface area contributed by atoms with Crippen LogP contribution in [-0.2, 0) is 18.9 Å². The third kappa shape index (κ3) is 7.05. The minimum Gasteiger partial charge on any atom is -0.467 e. The molecule has 0 N–H and O–H groups in total. The first kappa shape index (κ1) is 23.3. The highest BCUT2D eigenvalue weighted by Gasteiger charge is 2.37. The highest BCUT2D eigenvalue weighted by molar-refractivity contribution is 6.85. The van der Waals surface area contributed by atoms with Crippen LogP contribution in [-0.4, -0.2) is 47.9 Å². The van der Waals surface area contributed by atoms with Gasteiger partial charge in [-0.3, -0.25) is 0 Å². The molecule has 0 saturated heterocycles. The molecule has 0 aliphatic carbocycles. The zero-order valence-corrected chi connectivity index (χ0v) is 17.0. The Morgan fingerprint density at radius 2 is 1.75 bits per heavy atom. The van der Waals surface area contributed by atoms with Crippen molar-refractivity contribution in [2.75, 3.05) is 33.7 Å². The molecule has 0 aromatic carbocycles. The fourth-order valence-corrected chi connectivity index (χ4v) is 5.83. The second-order valence-electron chi connectivity index (χ2n) is 5.70. The number of methoxy groups -OCH3 is 1. The first-order valence-corrected chi connectivity index (χ1v) is 11.5. The van der Waals surface area contributed by atoms with Crippen molar-refractivity contribution in [3.05, 3.63) is 23.9 Å². The van der Waals surface area contributed by atoms with Gasteiger partial charge < -0.3 is 18.9 Å². The number of hydrogen-bond donors (Lipinski definition) is 0. The second-order valence-corrected chi connectivity index (χ2v) is 10.8. The third-order valence-corrected chi connectivity index (χ3v) is 9.76. The summed E-state index contributed by atoms with van der Waals surface area (Å²) in [6.07, 6.45) is 1.89. The summed E-state index contributed by atoms with van der Waals surface area (Å²) in [6.45, 7) is 13.1. The van der Waals surface area contributed by atoms with Crippen molar-refractivity contribution in [1.29, 1.82) is 0 Å². The van der Waals surface area contributed by atoms with Crippen LogP contribution in [0.4, 0.5) is 4.39 Å². The van der Waals surface area contributed by atoms with Gasteiger partial charge in [0.2, 0.25) is 0 Å². The van der Waals surface area contributed by atoms with Crippen LogP contribution in [0.25, 0.3) is 0 Å².